The fourth-order valence-corrected chi connectivity index (χ4v) is 7.09. The molecule has 6 nitrogen and oxygen atoms in total. The van der Waals surface area contributed by atoms with Crippen molar-refractivity contribution >= 4 is 39.1 Å². The molecule has 2 fully saturated rings. The van der Waals surface area contributed by atoms with Gasteiger partial charge in [-0.3, -0.25) is 9.69 Å². The number of hydrogen-bond donors (Lipinski definition) is 1. The number of piperidine rings is 1. The highest BCUT2D eigenvalue weighted by molar-refractivity contribution is 7.88. The van der Waals surface area contributed by atoms with E-state index in [0.717, 1.165) is 25.2 Å². The van der Waals surface area contributed by atoms with Crippen molar-refractivity contribution in [3.05, 3.63) is 69.2 Å². The number of benzene rings is 2. The maximum absolute atomic E-state index is 13.1. The van der Waals surface area contributed by atoms with Crippen LogP contribution in [0.5, 0.6) is 0 Å². The van der Waals surface area contributed by atoms with Crippen molar-refractivity contribution in [3.63, 3.8) is 0 Å². The van der Waals surface area contributed by atoms with E-state index < -0.39 is 10.0 Å². The Bertz CT molecular complexity index is 1100. The summed E-state index contributed by atoms with van der Waals surface area (Å²) in [6.07, 6.45) is 3.82. The zero-order valence-corrected chi connectivity index (χ0v) is 21.5. The summed E-state index contributed by atoms with van der Waals surface area (Å²) < 4.78 is 27.5. The van der Waals surface area contributed by atoms with Crippen LogP contribution in [-0.2, 0) is 33.7 Å². The molecule has 1 atom stereocenters. The van der Waals surface area contributed by atoms with Crippen molar-refractivity contribution in [3.8, 4) is 0 Å². The zero-order chi connectivity index (χ0) is 24.1. The van der Waals surface area contributed by atoms with Gasteiger partial charge in [0.2, 0.25) is 15.9 Å². The smallest absolute Gasteiger partial charge is 0.224 e. The van der Waals surface area contributed by atoms with Gasteiger partial charge in [0.05, 0.1) is 11.7 Å². The molecule has 184 valence electrons. The number of carbonyl (C=O) groups is 1. The molecule has 2 aromatic rings. The average Bonchev–Trinajstić information content (AvgIpc) is 3.33. The molecule has 1 N–H and O–H groups in total. The van der Waals surface area contributed by atoms with Gasteiger partial charge in [0.1, 0.15) is 0 Å². The molecule has 0 spiro atoms. The lowest BCUT2D eigenvalue weighted by Gasteiger charge is -2.31. The minimum absolute atomic E-state index is 0.111. The summed E-state index contributed by atoms with van der Waals surface area (Å²) in [4.78, 5) is 15.3. The van der Waals surface area contributed by atoms with Crippen LogP contribution in [0.1, 0.15) is 42.4 Å². The summed E-state index contributed by atoms with van der Waals surface area (Å²) in [7, 11) is -3.65. The van der Waals surface area contributed by atoms with E-state index in [9.17, 15) is 13.2 Å². The van der Waals surface area contributed by atoms with Crippen molar-refractivity contribution in [2.24, 2.45) is 5.92 Å². The maximum Gasteiger partial charge on any atom is 0.224 e. The third kappa shape index (κ3) is 6.52. The second kappa shape index (κ2) is 11.4. The Kier molecular flexibility index (Phi) is 8.53. The number of likely N-dealkylation sites (tertiary alicyclic amines) is 1. The number of hydrogen-bond acceptors (Lipinski definition) is 4. The Labute approximate surface area is 212 Å². The third-order valence-electron chi connectivity index (χ3n) is 6.60. The largest absolute Gasteiger partial charge is 0.352 e. The number of nitrogens with zero attached hydrogens (tertiary/aromatic N) is 2. The quantitative estimate of drug-likeness (QED) is 0.554. The topological polar surface area (TPSA) is 69.7 Å². The third-order valence-corrected chi connectivity index (χ3v) is 9.08. The first-order valence-electron chi connectivity index (χ1n) is 11.8. The lowest BCUT2D eigenvalue weighted by molar-refractivity contribution is -0.126. The molecule has 0 bridgehead atoms. The summed E-state index contributed by atoms with van der Waals surface area (Å²) in [5.74, 6) is -0.762. The van der Waals surface area contributed by atoms with Crippen LogP contribution in [0.4, 0.5) is 0 Å². The Hall–Kier alpha value is -1.64. The van der Waals surface area contributed by atoms with Gasteiger partial charge in [-0.2, -0.15) is 0 Å². The van der Waals surface area contributed by atoms with Gasteiger partial charge in [0.15, 0.2) is 0 Å². The maximum atomic E-state index is 13.1. The number of carbonyl (C=O) groups excluding carboxylic acids is 1. The van der Waals surface area contributed by atoms with Gasteiger partial charge in [0.25, 0.3) is 0 Å². The zero-order valence-electron chi connectivity index (χ0n) is 19.2. The van der Waals surface area contributed by atoms with E-state index in [-0.39, 0.29) is 24.1 Å². The molecule has 0 radical (unpaired) electrons. The molecule has 1 amide bonds. The van der Waals surface area contributed by atoms with Crippen molar-refractivity contribution in [2.75, 3.05) is 26.2 Å². The highest BCUT2D eigenvalue weighted by Crippen LogP contribution is 2.29. The van der Waals surface area contributed by atoms with Crippen LogP contribution < -0.4 is 5.32 Å². The van der Waals surface area contributed by atoms with E-state index in [1.165, 1.54) is 22.7 Å². The molecular weight excluding hydrogens is 493 g/mol. The highest BCUT2D eigenvalue weighted by atomic mass is 35.5. The fourth-order valence-electron chi connectivity index (χ4n) is 4.72. The minimum Gasteiger partial charge on any atom is -0.352 e. The first-order valence-corrected chi connectivity index (χ1v) is 14.2. The second-order valence-corrected chi connectivity index (χ2v) is 12.0. The van der Waals surface area contributed by atoms with Crippen LogP contribution in [0, 0.1) is 5.92 Å². The van der Waals surface area contributed by atoms with Crippen LogP contribution in [0.3, 0.4) is 0 Å². The molecule has 0 aliphatic carbocycles. The predicted octanol–water partition coefficient (Wildman–Crippen LogP) is 4.45. The van der Waals surface area contributed by atoms with E-state index in [0.29, 0.717) is 41.5 Å². The number of amides is 1. The molecule has 34 heavy (non-hydrogen) atoms. The Morgan fingerprint density at radius 1 is 0.971 bits per heavy atom. The van der Waals surface area contributed by atoms with Crippen LogP contribution >= 0.6 is 23.2 Å². The molecule has 2 aliphatic rings. The highest BCUT2D eigenvalue weighted by Gasteiger charge is 2.33. The van der Waals surface area contributed by atoms with Crippen LogP contribution in [0.2, 0.25) is 10.0 Å². The standard InChI is InChI=1S/C25H31Cl2N3O3S/c26-23-9-4-10-24(27)22(23)18-34(32,33)30-13-5-8-21(17-30)25(31)28-15-19-6-3-7-20(14-19)16-29-11-1-2-12-29/h3-4,6-7,9-10,14,21H,1-2,5,8,11-13,15-18H2,(H,28,31). The molecule has 9 heteroatoms. The molecule has 2 aliphatic heterocycles. The number of halogens is 2. The van der Waals surface area contributed by atoms with E-state index in [1.54, 1.807) is 18.2 Å². The Morgan fingerprint density at radius 3 is 2.38 bits per heavy atom. The van der Waals surface area contributed by atoms with Gasteiger partial charge in [-0.15, -0.1) is 0 Å². The van der Waals surface area contributed by atoms with Gasteiger partial charge < -0.3 is 5.32 Å². The van der Waals surface area contributed by atoms with Crippen LogP contribution in [0.25, 0.3) is 0 Å². The molecule has 0 aromatic heterocycles. The summed E-state index contributed by atoms with van der Waals surface area (Å²) in [5, 5.41) is 3.67. The normalized spacial score (nSPS) is 19.9. The molecule has 2 saturated heterocycles. The van der Waals surface area contributed by atoms with Gasteiger partial charge in [0, 0.05) is 41.8 Å². The monoisotopic (exact) mass is 523 g/mol. The Balaban J connectivity index is 1.33. The van der Waals surface area contributed by atoms with Gasteiger partial charge in [-0.1, -0.05) is 53.5 Å². The molecule has 2 heterocycles. The van der Waals surface area contributed by atoms with Gasteiger partial charge in [-0.05, 0) is 62.0 Å². The lowest BCUT2D eigenvalue weighted by Crippen LogP contribution is -2.45. The lowest BCUT2D eigenvalue weighted by atomic mass is 9.98. The van der Waals surface area contributed by atoms with Crippen LogP contribution in [-0.4, -0.2) is 49.7 Å². The van der Waals surface area contributed by atoms with E-state index in [1.807, 2.05) is 12.1 Å². The molecule has 0 saturated carbocycles. The summed E-state index contributed by atoms with van der Waals surface area (Å²) >= 11 is 12.4. The average molecular weight is 525 g/mol. The Morgan fingerprint density at radius 2 is 1.65 bits per heavy atom. The molecule has 2 aromatic carbocycles. The fraction of sp³-hybridized carbons (Fsp3) is 0.480. The van der Waals surface area contributed by atoms with E-state index in [2.05, 4.69) is 22.3 Å². The minimum atomic E-state index is -3.65. The summed E-state index contributed by atoms with van der Waals surface area (Å²) in [5.41, 5.74) is 2.70. The van der Waals surface area contributed by atoms with Crippen molar-refractivity contribution in [2.45, 2.75) is 44.5 Å². The van der Waals surface area contributed by atoms with Crippen LogP contribution in [0.15, 0.2) is 42.5 Å². The first kappa shape index (κ1) is 25.5. The predicted molar refractivity (Wildman–Crippen MR) is 136 cm³/mol. The molecule has 4 rings (SSSR count). The van der Waals surface area contributed by atoms with E-state index in [4.69, 9.17) is 23.2 Å². The second-order valence-electron chi connectivity index (χ2n) is 9.17. The van der Waals surface area contributed by atoms with Crippen molar-refractivity contribution < 1.29 is 13.2 Å². The molecule has 1 unspecified atom stereocenters. The van der Waals surface area contributed by atoms with E-state index >= 15 is 0 Å². The number of rotatable bonds is 8. The number of nitrogens with one attached hydrogen (secondary N) is 1. The number of sulfonamides is 1. The summed E-state index contributed by atoms with van der Waals surface area (Å²) in [6.45, 7) is 4.23. The first-order chi connectivity index (χ1) is 16.3. The van der Waals surface area contributed by atoms with Crippen molar-refractivity contribution in [1.29, 1.82) is 0 Å². The van der Waals surface area contributed by atoms with Gasteiger partial charge in [-0.25, -0.2) is 12.7 Å². The SMILES string of the molecule is O=C(NCc1cccc(CN2CCCC2)c1)C1CCCN(S(=O)(=O)Cc2c(Cl)cccc2Cl)C1. The molecular formula is C25H31Cl2N3O3S. The van der Waals surface area contributed by atoms with Crippen molar-refractivity contribution in [1.82, 2.24) is 14.5 Å². The summed E-state index contributed by atoms with van der Waals surface area (Å²) in [6, 6.07) is 13.3. The van der Waals surface area contributed by atoms with Gasteiger partial charge >= 0.3 is 0 Å².